The van der Waals surface area contributed by atoms with Gasteiger partial charge in [-0.3, -0.25) is 9.48 Å². The van der Waals surface area contributed by atoms with Crippen molar-refractivity contribution < 1.29 is 4.79 Å². The molecule has 4 heterocycles. The minimum Gasteiger partial charge on any atom is -0.310 e. The van der Waals surface area contributed by atoms with Crippen molar-refractivity contribution in [1.82, 2.24) is 19.7 Å². The Bertz CT molecular complexity index is 1090. The Labute approximate surface area is 182 Å². The number of hydrogen-bond donors (Lipinski definition) is 1. The van der Waals surface area contributed by atoms with Gasteiger partial charge in [0.1, 0.15) is 10.4 Å². The maximum Gasteiger partial charge on any atom is 0.234 e. The van der Waals surface area contributed by atoms with Crippen LogP contribution in [0.2, 0.25) is 5.02 Å². The molecule has 0 saturated carbocycles. The van der Waals surface area contributed by atoms with Crippen LogP contribution in [0, 0.1) is 5.41 Å². The monoisotopic (exact) mass is 473 g/mol. The Morgan fingerprint density at radius 3 is 2.86 bits per heavy atom. The average molecular weight is 475 g/mol. The molecule has 1 aliphatic heterocycles. The lowest BCUT2D eigenvalue weighted by Crippen LogP contribution is -2.20. The molecular weight excluding hydrogens is 454 g/mol. The van der Waals surface area contributed by atoms with Gasteiger partial charge in [0.2, 0.25) is 5.91 Å². The van der Waals surface area contributed by atoms with Gasteiger partial charge in [0.05, 0.1) is 22.8 Å². The molecule has 0 bridgehead atoms. The molecule has 0 spiro atoms. The molecule has 150 valence electrons. The zero-order valence-electron chi connectivity index (χ0n) is 16.4. The number of halogens is 2. The Morgan fingerprint density at radius 2 is 2.10 bits per heavy atom. The van der Waals surface area contributed by atoms with Crippen LogP contribution in [-0.2, 0) is 17.8 Å². The van der Waals surface area contributed by atoms with E-state index in [1.165, 1.54) is 0 Å². The van der Waals surface area contributed by atoms with E-state index in [4.69, 9.17) is 11.6 Å². The Morgan fingerprint density at radius 1 is 1.31 bits per heavy atom. The molecule has 1 N–H and O–H groups in total. The molecule has 4 rings (SSSR count). The molecule has 1 unspecified atom stereocenters. The van der Waals surface area contributed by atoms with Crippen molar-refractivity contribution >= 4 is 39.3 Å². The fourth-order valence-electron chi connectivity index (χ4n) is 3.62. The third-order valence-electron chi connectivity index (χ3n) is 5.14. The number of nitrogens with zero attached hydrogens (tertiary/aromatic N) is 4. The van der Waals surface area contributed by atoms with Crippen LogP contribution in [0.3, 0.4) is 0 Å². The van der Waals surface area contributed by atoms with E-state index in [0.717, 1.165) is 29.8 Å². The van der Waals surface area contributed by atoms with Crippen molar-refractivity contribution in [3.63, 3.8) is 0 Å². The van der Waals surface area contributed by atoms with Crippen LogP contribution in [-0.4, -0.2) is 25.7 Å². The lowest BCUT2D eigenvalue weighted by atomic mass is 9.89. The van der Waals surface area contributed by atoms with Crippen LogP contribution in [0.1, 0.15) is 38.1 Å². The first-order valence-electron chi connectivity index (χ1n) is 9.37. The summed E-state index contributed by atoms with van der Waals surface area (Å²) >= 11 is 9.79. The second-order valence-electron chi connectivity index (χ2n) is 8.15. The molecular formula is C21H21BrClN5O. The van der Waals surface area contributed by atoms with Crippen molar-refractivity contribution in [2.45, 2.75) is 39.7 Å². The summed E-state index contributed by atoms with van der Waals surface area (Å²) in [5.41, 5.74) is 3.82. The number of pyridine rings is 2. The van der Waals surface area contributed by atoms with Crippen molar-refractivity contribution in [3.05, 3.63) is 57.7 Å². The Kier molecular flexibility index (Phi) is 5.21. The van der Waals surface area contributed by atoms with E-state index in [0.29, 0.717) is 21.1 Å². The third kappa shape index (κ3) is 4.07. The Hall–Kier alpha value is -2.25. The summed E-state index contributed by atoms with van der Waals surface area (Å²) in [6, 6.07) is 7.32. The van der Waals surface area contributed by atoms with E-state index in [1.807, 2.05) is 42.1 Å². The summed E-state index contributed by atoms with van der Waals surface area (Å²) in [5.74, 6) is -0.152. The minimum absolute atomic E-state index is 0.168. The molecule has 29 heavy (non-hydrogen) atoms. The first-order valence-corrected chi connectivity index (χ1v) is 10.5. The second kappa shape index (κ2) is 7.54. The predicted molar refractivity (Wildman–Crippen MR) is 117 cm³/mol. The molecule has 0 saturated heterocycles. The summed E-state index contributed by atoms with van der Waals surface area (Å²) in [6.45, 7) is 7.14. The van der Waals surface area contributed by atoms with Crippen molar-refractivity contribution in [2.75, 3.05) is 5.32 Å². The van der Waals surface area contributed by atoms with E-state index in [1.54, 1.807) is 6.20 Å². The average Bonchev–Trinajstić information content (AvgIpc) is 3.17. The zero-order chi connectivity index (χ0) is 20.8. The van der Waals surface area contributed by atoms with Gasteiger partial charge in [-0.25, -0.2) is 9.97 Å². The van der Waals surface area contributed by atoms with Gasteiger partial charge in [-0.15, -0.1) is 0 Å². The summed E-state index contributed by atoms with van der Waals surface area (Å²) in [7, 11) is 0. The zero-order valence-corrected chi connectivity index (χ0v) is 18.8. The highest BCUT2D eigenvalue weighted by Gasteiger charge is 2.32. The number of rotatable bonds is 4. The van der Waals surface area contributed by atoms with E-state index in [9.17, 15) is 4.79 Å². The highest BCUT2D eigenvalue weighted by atomic mass is 79.9. The minimum atomic E-state index is -0.422. The van der Waals surface area contributed by atoms with Gasteiger partial charge in [-0.1, -0.05) is 31.5 Å². The van der Waals surface area contributed by atoms with Crippen molar-refractivity contribution in [3.8, 4) is 11.1 Å². The lowest BCUT2D eigenvalue weighted by Gasteiger charge is -2.15. The SMILES string of the molecule is CC(C(=O)Nc1cc(-c2cnn3c2CC(C)(C)C3)c(Cl)cn1)c1cccc(Br)n1. The first-order chi connectivity index (χ1) is 13.7. The third-order valence-corrected chi connectivity index (χ3v) is 5.89. The number of fused-ring (bicyclic) bond motifs is 1. The van der Waals surface area contributed by atoms with Gasteiger partial charge in [0, 0.05) is 29.6 Å². The quantitative estimate of drug-likeness (QED) is 0.535. The van der Waals surface area contributed by atoms with Crippen LogP contribution >= 0.6 is 27.5 Å². The highest BCUT2D eigenvalue weighted by molar-refractivity contribution is 9.10. The van der Waals surface area contributed by atoms with Crippen LogP contribution in [0.4, 0.5) is 5.82 Å². The van der Waals surface area contributed by atoms with Gasteiger partial charge in [-0.2, -0.15) is 5.10 Å². The molecule has 1 aliphatic rings. The van der Waals surface area contributed by atoms with Crippen LogP contribution in [0.5, 0.6) is 0 Å². The van der Waals surface area contributed by atoms with E-state index in [2.05, 4.69) is 50.2 Å². The topological polar surface area (TPSA) is 72.7 Å². The van der Waals surface area contributed by atoms with E-state index >= 15 is 0 Å². The van der Waals surface area contributed by atoms with Gasteiger partial charge in [0.25, 0.3) is 0 Å². The smallest absolute Gasteiger partial charge is 0.234 e. The fourth-order valence-corrected chi connectivity index (χ4v) is 4.18. The van der Waals surface area contributed by atoms with Crippen LogP contribution < -0.4 is 5.32 Å². The molecule has 3 aromatic heterocycles. The van der Waals surface area contributed by atoms with Gasteiger partial charge in [0.15, 0.2) is 0 Å². The molecule has 0 radical (unpaired) electrons. The molecule has 6 nitrogen and oxygen atoms in total. The van der Waals surface area contributed by atoms with Gasteiger partial charge >= 0.3 is 0 Å². The second-order valence-corrected chi connectivity index (χ2v) is 9.37. The number of anilines is 1. The van der Waals surface area contributed by atoms with Gasteiger partial charge < -0.3 is 5.32 Å². The standard InChI is InChI=1S/C21H21BrClN5O/c1-12(16-5-4-6-18(22)26-16)20(29)27-19-7-13(15(23)10-24-19)14-9-25-28-11-21(2,3)8-17(14)28/h4-7,9-10,12H,8,11H2,1-3H3,(H,24,27,29). The molecule has 1 atom stereocenters. The fraction of sp³-hybridized carbons (Fsp3) is 0.333. The maximum atomic E-state index is 12.7. The van der Waals surface area contributed by atoms with E-state index < -0.39 is 5.92 Å². The summed E-state index contributed by atoms with van der Waals surface area (Å²) in [5, 5.41) is 7.93. The highest BCUT2D eigenvalue weighted by Crippen LogP contribution is 2.39. The molecule has 0 aromatic carbocycles. The van der Waals surface area contributed by atoms with Gasteiger partial charge in [-0.05, 0) is 52.9 Å². The first kappa shape index (κ1) is 20.0. The number of nitrogens with one attached hydrogen (secondary N) is 1. The number of aromatic nitrogens is 4. The summed E-state index contributed by atoms with van der Waals surface area (Å²) in [4.78, 5) is 21.4. The summed E-state index contributed by atoms with van der Waals surface area (Å²) < 4.78 is 2.73. The molecule has 0 aliphatic carbocycles. The van der Waals surface area contributed by atoms with Crippen molar-refractivity contribution in [1.29, 1.82) is 0 Å². The van der Waals surface area contributed by atoms with Crippen molar-refractivity contribution in [2.24, 2.45) is 5.41 Å². The maximum absolute atomic E-state index is 12.7. The normalized spacial score (nSPS) is 15.8. The van der Waals surface area contributed by atoms with Crippen LogP contribution in [0.25, 0.3) is 11.1 Å². The lowest BCUT2D eigenvalue weighted by molar-refractivity contribution is -0.117. The predicted octanol–water partition coefficient (Wildman–Crippen LogP) is 5.08. The number of amides is 1. The molecule has 8 heteroatoms. The Balaban J connectivity index is 1.59. The molecule has 1 amide bonds. The largest absolute Gasteiger partial charge is 0.310 e. The number of carbonyl (C=O) groups excluding carboxylic acids is 1. The molecule has 0 fully saturated rings. The molecule has 3 aromatic rings. The summed E-state index contributed by atoms with van der Waals surface area (Å²) in [6.07, 6.45) is 4.33. The van der Waals surface area contributed by atoms with E-state index in [-0.39, 0.29) is 11.3 Å². The number of hydrogen-bond acceptors (Lipinski definition) is 4. The number of carbonyl (C=O) groups is 1. The van der Waals surface area contributed by atoms with Crippen LogP contribution in [0.15, 0.2) is 41.3 Å².